The molecule has 0 aromatic heterocycles. The molecule has 8 heteroatoms. The van der Waals surface area contributed by atoms with Crippen LogP contribution in [0.15, 0.2) is 29.3 Å². The number of cyclic esters (lactones) is 1. The molecule has 3 rings (SSSR count). The number of amides is 1. The Morgan fingerprint density at radius 1 is 1.41 bits per heavy atom. The highest BCUT2D eigenvalue weighted by Crippen LogP contribution is 2.31. The van der Waals surface area contributed by atoms with E-state index in [1.807, 2.05) is 11.8 Å². The maximum Gasteiger partial charge on any atom is 0.414 e. The molecule has 2 saturated heterocycles. The lowest BCUT2D eigenvalue weighted by molar-refractivity contribution is 0.143. The second-order valence-corrected chi connectivity index (χ2v) is 7.84. The van der Waals surface area contributed by atoms with E-state index in [2.05, 4.69) is 11.4 Å². The first-order valence-corrected chi connectivity index (χ1v) is 10.2. The average Bonchev–Trinajstić information content (AvgIpc) is 3.08. The quantitative estimate of drug-likeness (QED) is 0.580. The van der Waals surface area contributed by atoms with Crippen molar-refractivity contribution < 1.29 is 13.9 Å². The third-order valence-corrected chi connectivity index (χ3v) is 5.46. The molecule has 1 N–H and O–H groups in total. The molecule has 0 aliphatic carbocycles. The number of rotatable bonds is 5. The van der Waals surface area contributed by atoms with Crippen LogP contribution in [0.1, 0.15) is 33.1 Å². The SMILES string of the molecule is CCC(C#N)=C1CCN(c2ccc(N3CC(CNC(C)=S)OC3=O)cc2F)CC1. The molecule has 1 atom stereocenters. The minimum absolute atomic E-state index is 0.330. The first-order valence-electron chi connectivity index (χ1n) is 9.81. The highest BCUT2D eigenvalue weighted by molar-refractivity contribution is 7.80. The van der Waals surface area contributed by atoms with Crippen molar-refractivity contribution in [1.29, 1.82) is 5.26 Å². The molecule has 1 amide bonds. The lowest BCUT2D eigenvalue weighted by atomic mass is 9.96. The number of thiocarbonyl (C=S) groups is 1. The first kappa shape index (κ1) is 21.1. The Morgan fingerprint density at radius 3 is 2.72 bits per heavy atom. The number of nitrogens with zero attached hydrogens (tertiary/aromatic N) is 3. The molecule has 2 heterocycles. The lowest BCUT2D eigenvalue weighted by Gasteiger charge is -2.31. The minimum atomic E-state index is -0.484. The topological polar surface area (TPSA) is 68.6 Å². The van der Waals surface area contributed by atoms with Crippen molar-refractivity contribution in [2.45, 2.75) is 39.2 Å². The molecule has 1 aromatic carbocycles. The third kappa shape index (κ3) is 4.85. The van der Waals surface area contributed by atoms with E-state index in [-0.39, 0.29) is 11.9 Å². The standard InChI is InChI=1S/C21H25FN4O2S/c1-3-15(11-23)16-6-8-25(9-7-16)20-5-4-17(10-19(20)22)26-13-18(28-21(26)27)12-24-14(2)29/h4-5,10,18H,3,6-9,12-13H2,1-2H3,(H,24,29). The van der Waals surface area contributed by atoms with Crippen molar-refractivity contribution >= 4 is 34.7 Å². The predicted octanol–water partition coefficient (Wildman–Crippen LogP) is 3.92. The molecule has 2 aliphatic heterocycles. The van der Waals surface area contributed by atoms with E-state index in [9.17, 15) is 14.4 Å². The van der Waals surface area contributed by atoms with E-state index in [4.69, 9.17) is 17.0 Å². The normalized spacial score (nSPS) is 19.0. The molecule has 0 bridgehead atoms. The summed E-state index contributed by atoms with van der Waals surface area (Å²) in [5.74, 6) is -0.366. The van der Waals surface area contributed by atoms with E-state index in [0.29, 0.717) is 42.5 Å². The highest BCUT2D eigenvalue weighted by Gasteiger charge is 2.32. The largest absolute Gasteiger partial charge is 0.442 e. The van der Waals surface area contributed by atoms with Crippen molar-refractivity contribution in [3.05, 3.63) is 35.2 Å². The van der Waals surface area contributed by atoms with Gasteiger partial charge >= 0.3 is 6.09 Å². The number of allylic oxidation sites excluding steroid dienone is 1. The minimum Gasteiger partial charge on any atom is -0.442 e. The number of ether oxygens (including phenoxy) is 1. The zero-order valence-electron chi connectivity index (χ0n) is 16.7. The van der Waals surface area contributed by atoms with Gasteiger partial charge in [0.15, 0.2) is 0 Å². The van der Waals surface area contributed by atoms with Gasteiger partial charge < -0.3 is 15.0 Å². The zero-order chi connectivity index (χ0) is 21.0. The molecule has 0 radical (unpaired) electrons. The second-order valence-electron chi connectivity index (χ2n) is 7.22. The number of nitriles is 1. The van der Waals surface area contributed by atoms with Crippen molar-refractivity contribution in [2.75, 3.05) is 36.0 Å². The number of hydrogen-bond donors (Lipinski definition) is 1. The number of carbonyl (C=O) groups is 1. The van der Waals surface area contributed by atoms with Gasteiger partial charge in [0.2, 0.25) is 0 Å². The number of carbonyl (C=O) groups excluding carboxylic acids is 1. The summed E-state index contributed by atoms with van der Waals surface area (Å²) < 4.78 is 20.2. The first-order chi connectivity index (χ1) is 13.9. The number of benzene rings is 1. The molecule has 2 fully saturated rings. The second kappa shape index (κ2) is 9.23. The summed E-state index contributed by atoms with van der Waals surface area (Å²) in [4.78, 5) is 16.2. The van der Waals surface area contributed by atoms with Crippen molar-refractivity contribution in [2.24, 2.45) is 0 Å². The van der Waals surface area contributed by atoms with Gasteiger partial charge in [-0.05, 0) is 44.4 Å². The van der Waals surface area contributed by atoms with E-state index in [0.717, 1.165) is 24.8 Å². The number of anilines is 2. The van der Waals surface area contributed by atoms with E-state index < -0.39 is 6.09 Å². The molecule has 0 spiro atoms. The van der Waals surface area contributed by atoms with E-state index >= 15 is 0 Å². The summed E-state index contributed by atoms with van der Waals surface area (Å²) in [6.07, 6.45) is 1.46. The van der Waals surface area contributed by atoms with Crippen LogP contribution in [-0.2, 0) is 4.74 Å². The molecule has 1 unspecified atom stereocenters. The maximum absolute atomic E-state index is 14.8. The fourth-order valence-electron chi connectivity index (χ4n) is 3.74. The van der Waals surface area contributed by atoms with Gasteiger partial charge in [-0.15, -0.1) is 0 Å². The van der Waals surface area contributed by atoms with Crippen LogP contribution < -0.4 is 15.1 Å². The van der Waals surface area contributed by atoms with Gasteiger partial charge in [-0.2, -0.15) is 5.26 Å². The highest BCUT2D eigenvalue weighted by atomic mass is 32.1. The van der Waals surface area contributed by atoms with Crippen LogP contribution in [0.4, 0.5) is 20.6 Å². The summed E-state index contributed by atoms with van der Waals surface area (Å²) in [6.45, 7) is 5.88. The Kier molecular flexibility index (Phi) is 6.70. The monoisotopic (exact) mass is 416 g/mol. The fourth-order valence-corrected chi connectivity index (χ4v) is 3.83. The van der Waals surface area contributed by atoms with Crippen LogP contribution in [0.25, 0.3) is 0 Å². The average molecular weight is 417 g/mol. The molecular weight excluding hydrogens is 391 g/mol. The molecule has 154 valence electrons. The van der Waals surface area contributed by atoms with Gasteiger partial charge in [-0.3, -0.25) is 4.90 Å². The molecule has 1 aromatic rings. The Bertz CT molecular complexity index is 870. The van der Waals surface area contributed by atoms with Gasteiger partial charge in [0, 0.05) is 18.7 Å². The van der Waals surface area contributed by atoms with Crippen LogP contribution in [0.2, 0.25) is 0 Å². The Hall–Kier alpha value is -2.66. The number of hydrogen-bond acceptors (Lipinski definition) is 5. The molecular formula is C21H25FN4O2S. The summed E-state index contributed by atoms with van der Waals surface area (Å²) >= 11 is 4.97. The number of nitrogens with one attached hydrogen (secondary N) is 1. The summed E-state index contributed by atoms with van der Waals surface area (Å²) in [6, 6.07) is 7.12. The van der Waals surface area contributed by atoms with Crippen molar-refractivity contribution in [3.63, 3.8) is 0 Å². The van der Waals surface area contributed by atoms with Crippen LogP contribution in [-0.4, -0.2) is 43.4 Å². The van der Waals surface area contributed by atoms with Crippen LogP contribution in [0.5, 0.6) is 0 Å². The molecule has 6 nitrogen and oxygen atoms in total. The van der Waals surface area contributed by atoms with Crippen LogP contribution in [0, 0.1) is 17.1 Å². The molecule has 29 heavy (non-hydrogen) atoms. The zero-order valence-corrected chi connectivity index (χ0v) is 17.5. The lowest BCUT2D eigenvalue weighted by Crippen LogP contribution is -2.33. The van der Waals surface area contributed by atoms with Gasteiger partial charge in [-0.25, -0.2) is 9.18 Å². The predicted molar refractivity (Wildman–Crippen MR) is 115 cm³/mol. The fraction of sp³-hybridized carbons (Fsp3) is 0.476. The Morgan fingerprint density at radius 2 is 2.14 bits per heavy atom. The van der Waals surface area contributed by atoms with Gasteiger partial charge in [0.25, 0.3) is 0 Å². The number of piperidine rings is 1. The smallest absolute Gasteiger partial charge is 0.414 e. The summed E-state index contributed by atoms with van der Waals surface area (Å²) in [5.41, 5.74) is 3.02. The van der Waals surface area contributed by atoms with Crippen LogP contribution >= 0.6 is 12.2 Å². The summed E-state index contributed by atoms with van der Waals surface area (Å²) in [5, 5.41) is 12.2. The Balaban J connectivity index is 1.67. The third-order valence-electron chi connectivity index (χ3n) is 5.32. The van der Waals surface area contributed by atoms with Crippen molar-refractivity contribution in [1.82, 2.24) is 5.32 Å². The van der Waals surface area contributed by atoms with Gasteiger partial charge in [-0.1, -0.05) is 24.7 Å². The van der Waals surface area contributed by atoms with Gasteiger partial charge in [0.1, 0.15) is 11.9 Å². The molecule has 2 aliphatic rings. The van der Waals surface area contributed by atoms with E-state index in [1.54, 1.807) is 19.1 Å². The van der Waals surface area contributed by atoms with E-state index in [1.165, 1.54) is 16.5 Å². The number of halogens is 1. The van der Waals surface area contributed by atoms with Crippen LogP contribution in [0.3, 0.4) is 0 Å². The van der Waals surface area contributed by atoms with Crippen molar-refractivity contribution in [3.8, 4) is 6.07 Å². The Labute approximate surface area is 175 Å². The molecule has 0 saturated carbocycles. The van der Waals surface area contributed by atoms with Gasteiger partial charge in [0.05, 0.1) is 35.5 Å². The summed E-state index contributed by atoms with van der Waals surface area (Å²) in [7, 11) is 0. The maximum atomic E-state index is 14.8.